The molecule has 33 heavy (non-hydrogen) atoms. The molecule has 4 N–H and O–H groups in total. The average Bonchev–Trinajstić information content (AvgIpc) is 3.29. The number of aryl methyl sites for hydroxylation is 1. The highest BCUT2D eigenvalue weighted by atomic mass is 16.7. The smallest absolute Gasteiger partial charge is 0.231 e. The van der Waals surface area contributed by atoms with Gasteiger partial charge in [0.05, 0.1) is 12.6 Å². The van der Waals surface area contributed by atoms with Gasteiger partial charge in [-0.1, -0.05) is 42.5 Å². The molecule has 0 fully saturated rings. The molecule has 0 aromatic heterocycles. The molecular weight excluding hydrogens is 416 g/mol. The molecular formula is C27H28N2O4. The Morgan fingerprint density at radius 1 is 1.09 bits per heavy atom. The van der Waals surface area contributed by atoms with Crippen LogP contribution in [0.5, 0.6) is 17.2 Å². The van der Waals surface area contributed by atoms with E-state index in [1.165, 1.54) is 0 Å². The molecule has 2 unspecified atom stereocenters. The van der Waals surface area contributed by atoms with Crippen molar-refractivity contribution in [1.29, 1.82) is 0 Å². The van der Waals surface area contributed by atoms with Crippen molar-refractivity contribution in [2.24, 2.45) is 5.73 Å². The van der Waals surface area contributed by atoms with E-state index in [-0.39, 0.29) is 25.5 Å². The zero-order valence-electron chi connectivity index (χ0n) is 18.6. The first-order valence-electron chi connectivity index (χ1n) is 11.1. The van der Waals surface area contributed by atoms with E-state index >= 15 is 0 Å². The molecule has 0 radical (unpaired) electrons. The number of aliphatic hydroxyl groups excluding tert-OH is 1. The number of ether oxygens (including phenoxy) is 3. The van der Waals surface area contributed by atoms with Crippen molar-refractivity contribution in [3.8, 4) is 17.2 Å². The normalized spacial score (nSPS) is 19.0. The van der Waals surface area contributed by atoms with Crippen molar-refractivity contribution in [2.75, 3.05) is 13.3 Å². The van der Waals surface area contributed by atoms with E-state index in [0.717, 1.165) is 44.9 Å². The predicted molar refractivity (Wildman–Crippen MR) is 127 cm³/mol. The van der Waals surface area contributed by atoms with Gasteiger partial charge in [-0.25, -0.2) is 0 Å². The molecule has 2 heterocycles. The summed E-state index contributed by atoms with van der Waals surface area (Å²) in [6.07, 6.45) is 4.22. The van der Waals surface area contributed by atoms with Gasteiger partial charge in [0.15, 0.2) is 11.5 Å². The molecule has 2 atom stereocenters. The van der Waals surface area contributed by atoms with Crippen LogP contribution in [0, 0.1) is 6.92 Å². The molecule has 0 saturated heterocycles. The van der Waals surface area contributed by atoms with E-state index < -0.39 is 0 Å². The van der Waals surface area contributed by atoms with Crippen molar-refractivity contribution >= 4 is 6.08 Å². The highest BCUT2D eigenvalue weighted by Crippen LogP contribution is 2.37. The Morgan fingerprint density at radius 2 is 1.88 bits per heavy atom. The van der Waals surface area contributed by atoms with Gasteiger partial charge in [-0.05, 0) is 59.0 Å². The second kappa shape index (κ2) is 9.27. The van der Waals surface area contributed by atoms with Crippen LogP contribution in [0.15, 0.2) is 60.7 Å². The van der Waals surface area contributed by atoms with Crippen LogP contribution in [0.3, 0.4) is 0 Å². The number of fused-ring (bicyclic) bond motifs is 2. The molecule has 0 amide bonds. The highest BCUT2D eigenvalue weighted by Gasteiger charge is 2.25. The topological polar surface area (TPSA) is 86.0 Å². The summed E-state index contributed by atoms with van der Waals surface area (Å²) in [5.74, 6) is 2.22. The lowest BCUT2D eigenvalue weighted by Crippen LogP contribution is -2.36. The van der Waals surface area contributed by atoms with Crippen molar-refractivity contribution < 1.29 is 19.3 Å². The third kappa shape index (κ3) is 4.46. The maximum absolute atomic E-state index is 10.0. The Kier molecular flexibility index (Phi) is 6.05. The van der Waals surface area contributed by atoms with Crippen LogP contribution < -0.4 is 25.3 Å². The van der Waals surface area contributed by atoms with Crippen LogP contribution in [0.25, 0.3) is 6.08 Å². The zero-order valence-corrected chi connectivity index (χ0v) is 18.6. The van der Waals surface area contributed by atoms with E-state index in [9.17, 15) is 5.11 Å². The van der Waals surface area contributed by atoms with Gasteiger partial charge >= 0.3 is 0 Å². The van der Waals surface area contributed by atoms with Crippen LogP contribution >= 0.6 is 0 Å². The number of benzene rings is 3. The Balaban J connectivity index is 1.42. The second-order valence-corrected chi connectivity index (χ2v) is 8.43. The van der Waals surface area contributed by atoms with Crippen molar-refractivity contribution in [3.63, 3.8) is 0 Å². The quantitative estimate of drug-likeness (QED) is 0.530. The van der Waals surface area contributed by atoms with E-state index in [1.54, 1.807) is 0 Å². The molecule has 5 rings (SSSR count). The summed E-state index contributed by atoms with van der Waals surface area (Å²) in [6.45, 7) is 3.30. The number of nitrogens with one attached hydrogen (secondary N) is 1. The van der Waals surface area contributed by atoms with Crippen LogP contribution in [0.4, 0.5) is 0 Å². The van der Waals surface area contributed by atoms with Gasteiger partial charge in [0.25, 0.3) is 0 Å². The number of hydrogen-bond acceptors (Lipinski definition) is 6. The Morgan fingerprint density at radius 3 is 2.67 bits per heavy atom. The van der Waals surface area contributed by atoms with E-state index in [0.29, 0.717) is 18.9 Å². The molecule has 0 saturated carbocycles. The van der Waals surface area contributed by atoms with Gasteiger partial charge in [-0.2, -0.15) is 0 Å². The van der Waals surface area contributed by atoms with E-state index in [4.69, 9.17) is 19.9 Å². The SMILES string of the molecule is Cc1cc2c(cc1/C=C/C1NCC(N)c3cc(OCc4ccccc4)c(CO)cc31)OCO2. The van der Waals surface area contributed by atoms with Gasteiger partial charge in [0, 0.05) is 18.2 Å². The molecule has 6 heteroatoms. The molecule has 3 aromatic rings. The molecule has 2 aliphatic rings. The number of hydrogen-bond donors (Lipinski definition) is 3. The Labute approximate surface area is 193 Å². The second-order valence-electron chi connectivity index (χ2n) is 8.43. The number of aliphatic hydroxyl groups is 1. The molecule has 0 spiro atoms. The minimum atomic E-state index is -0.149. The van der Waals surface area contributed by atoms with Crippen molar-refractivity contribution in [1.82, 2.24) is 5.32 Å². The minimum absolute atomic E-state index is 0.0295. The number of nitrogens with two attached hydrogens (primary N) is 1. The first-order valence-corrected chi connectivity index (χ1v) is 11.1. The van der Waals surface area contributed by atoms with Gasteiger partial charge in [0.2, 0.25) is 6.79 Å². The average molecular weight is 445 g/mol. The summed E-state index contributed by atoms with van der Waals surface area (Å²) < 4.78 is 17.1. The summed E-state index contributed by atoms with van der Waals surface area (Å²) in [6, 6.07) is 17.8. The molecule has 0 bridgehead atoms. The fraction of sp³-hybridized carbons (Fsp3) is 0.259. The Bertz CT molecular complexity index is 1180. The summed E-state index contributed by atoms with van der Waals surface area (Å²) in [7, 11) is 0. The molecule has 3 aromatic carbocycles. The largest absolute Gasteiger partial charge is 0.489 e. The Hall–Kier alpha value is -3.32. The van der Waals surface area contributed by atoms with E-state index in [2.05, 4.69) is 24.4 Å². The van der Waals surface area contributed by atoms with Gasteiger partial charge in [-0.15, -0.1) is 0 Å². The molecule has 2 aliphatic heterocycles. The summed E-state index contributed by atoms with van der Waals surface area (Å²) >= 11 is 0. The summed E-state index contributed by atoms with van der Waals surface area (Å²) in [5.41, 5.74) is 12.5. The lowest BCUT2D eigenvalue weighted by molar-refractivity contribution is 0.174. The maximum Gasteiger partial charge on any atom is 0.231 e. The third-order valence-corrected chi connectivity index (χ3v) is 6.20. The van der Waals surface area contributed by atoms with Gasteiger partial charge in [-0.3, -0.25) is 0 Å². The molecule has 170 valence electrons. The van der Waals surface area contributed by atoms with Crippen LogP contribution in [-0.2, 0) is 13.2 Å². The minimum Gasteiger partial charge on any atom is -0.489 e. The van der Waals surface area contributed by atoms with Crippen LogP contribution in [0.1, 0.15) is 45.5 Å². The molecule has 6 nitrogen and oxygen atoms in total. The monoisotopic (exact) mass is 444 g/mol. The highest BCUT2D eigenvalue weighted by molar-refractivity contribution is 5.61. The lowest BCUT2D eigenvalue weighted by atomic mass is 9.88. The van der Waals surface area contributed by atoms with E-state index in [1.807, 2.05) is 54.6 Å². The van der Waals surface area contributed by atoms with Gasteiger partial charge < -0.3 is 30.4 Å². The van der Waals surface area contributed by atoms with Crippen LogP contribution in [0.2, 0.25) is 0 Å². The van der Waals surface area contributed by atoms with Crippen molar-refractivity contribution in [3.05, 3.63) is 94.1 Å². The van der Waals surface area contributed by atoms with Gasteiger partial charge in [0.1, 0.15) is 12.4 Å². The standard InChI is InChI=1S/C27H28N2O4/c1-17-9-26-27(33-16-32-26)11-19(17)7-8-24-22-10-20(14-30)25(12-21(22)23(28)13-29-24)31-15-18-5-3-2-4-6-18/h2-12,23-24,29-30H,13-16,28H2,1H3/b8-7+. The third-order valence-electron chi connectivity index (χ3n) is 6.20. The summed E-state index contributed by atoms with van der Waals surface area (Å²) in [5, 5.41) is 13.5. The fourth-order valence-corrected chi connectivity index (χ4v) is 4.33. The zero-order chi connectivity index (χ0) is 22.8. The maximum atomic E-state index is 10.0. The lowest BCUT2D eigenvalue weighted by Gasteiger charge is -2.30. The van der Waals surface area contributed by atoms with Crippen LogP contribution in [-0.4, -0.2) is 18.4 Å². The molecule has 0 aliphatic carbocycles. The fourth-order valence-electron chi connectivity index (χ4n) is 4.33. The number of rotatable bonds is 6. The first-order chi connectivity index (χ1) is 16.1. The predicted octanol–water partition coefficient (Wildman–Crippen LogP) is 4.15. The van der Waals surface area contributed by atoms with Crippen molar-refractivity contribution in [2.45, 2.75) is 32.2 Å². The summed E-state index contributed by atoms with van der Waals surface area (Å²) in [4.78, 5) is 0. The first kappa shape index (κ1) is 21.5.